The van der Waals surface area contributed by atoms with E-state index in [0.717, 1.165) is 17.4 Å². The Kier molecular flexibility index (Phi) is 5.64. The number of alkyl halides is 3. The lowest BCUT2D eigenvalue weighted by Crippen LogP contribution is -2.11. The highest BCUT2D eigenvalue weighted by atomic mass is 35.5. The Bertz CT molecular complexity index is 1000. The van der Waals surface area contributed by atoms with Gasteiger partial charge in [0.1, 0.15) is 0 Å². The molecule has 140 valence electrons. The van der Waals surface area contributed by atoms with Crippen molar-refractivity contribution >= 4 is 46.7 Å². The minimum Gasteiger partial charge on any atom is -0.245 e. The smallest absolute Gasteiger partial charge is 0.245 e. The second-order valence-corrected chi connectivity index (χ2v) is 6.98. The van der Waals surface area contributed by atoms with Crippen molar-refractivity contribution in [3.8, 4) is 11.3 Å². The van der Waals surface area contributed by atoms with Crippen LogP contribution in [0.15, 0.2) is 41.5 Å². The molecule has 0 aliphatic carbocycles. The normalized spacial score (nSPS) is 11.9. The first-order valence-corrected chi connectivity index (χ1v) is 8.76. The number of hydrogen-bond donors (Lipinski definition) is 1. The van der Waals surface area contributed by atoms with E-state index in [2.05, 4.69) is 20.5 Å². The van der Waals surface area contributed by atoms with Crippen LogP contribution in [0.2, 0.25) is 10.0 Å². The first-order chi connectivity index (χ1) is 12.7. The Hall–Kier alpha value is -2.23. The number of halogens is 6. The van der Waals surface area contributed by atoms with Gasteiger partial charge >= 0.3 is 6.18 Å². The molecule has 2 heterocycles. The predicted molar refractivity (Wildman–Crippen MR) is 98.0 cm³/mol. The predicted octanol–water partition coefficient (Wildman–Crippen LogP) is 6.12. The number of anilines is 1. The minimum absolute atomic E-state index is 0.0178. The Balaban J connectivity index is 1.95. The molecule has 0 saturated carbocycles. The molecule has 0 bridgehead atoms. The van der Waals surface area contributed by atoms with Gasteiger partial charge in [0.05, 0.1) is 26.8 Å². The number of thiophene rings is 1. The Morgan fingerprint density at radius 1 is 1.04 bits per heavy atom. The number of nitrogens with one attached hydrogen (secondary N) is 1. The molecular weight excluding hydrogens is 427 g/mol. The lowest BCUT2D eigenvalue weighted by molar-refractivity contribution is -0.141. The van der Waals surface area contributed by atoms with E-state index in [9.17, 15) is 17.6 Å². The van der Waals surface area contributed by atoms with E-state index in [4.69, 9.17) is 23.2 Å². The fourth-order valence-corrected chi connectivity index (χ4v) is 2.90. The van der Waals surface area contributed by atoms with Gasteiger partial charge in [-0.25, -0.2) is 15.4 Å². The fourth-order valence-electron chi connectivity index (χ4n) is 2.00. The van der Waals surface area contributed by atoms with Crippen LogP contribution in [0.3, 0.4) is 0 Å². The molecule has 0 spiro atoms. The van der Waals surface area contributed by atoms with Gasteiger partial charge in [-0.05, 0) is 30.3 Å². The van der Waals surface area contributed by atoms with Crippen LogP contribution in [-0.4, -0.2) is 16.2 Å². The van der Waals surface area contributed by atoms with E-state index in [1.165, 1.54) is 36.5 Å². The van der Waals surface area contributed by atoms with Crippen molar-refractivity contribution in [1.82, 2.24) is 9.97 Å². The zero-order chi connectivity index (χ0) is 19.6. The van der Waals surface area contributed by atoms with Gasteiger partial charge in [0.25, 0.3) is 0 Å². The maximum atomic E-state index is 13.2. The standard InChI is InChI=1S/C16H8Cl2F4N4S/c17-10-3-1-8(5-11(10)18)12-6-13(16(20,21)22)25-15(24-12)26-23-7-9-2-4-14(19)27-9/h1-7H,(H,24,25,26). The second-order valence-electron chi connectivity index (χ2n) is 5.10. The second kappa shape index (κ2) is 7.79. The van der Waals surface area contributed by atoms with Crippen molar-refractivity contribution in [2.75, 3.05) is 5.43 Å². The van der Waals surface area contributed by atoms with Crippen molar-refractivity contribution < 1.29 is 17.6 Å². The molecule has 2 aromatic heterocycles. The molecule has 0 aliphatic rings. The molecule has 27 heavy (non-hydrogen) atoms. The highest BCUT2D eigenvalue weighted by molar-refractivity contribution is 7.12. The monoisotopic (exact) mass is 434 g/mol. The lowest BCUT2D eigenvalue weighted by atomic mass is 10.1. The molecule has 4 nitrogen and oxygen atoms in total. The molecule has 0 unspecified atom stereocenters. The maximum Gasteiger partial charge on any atom is 0.433 e. The first kappa shape index (κ1) is 19.5. The van der Waals surface area contributed by atoms with Crippen LogP contribution in [0, 0.1) is 5.13 Å². The highest BCUT2D eigenvalue weighted by Crippen LogP contribution is 2.33. The van der Waals surface area contributed by atoms with Crippen molar-refractivity contribution in [2.45, 2.75) is 6.18 Å². The molecule has 0 saturated heterocycles. The average Bonchev–Trinajstić information content (AvgIpc) is 3.01. The molecule has 0 fully saturated rings. The fraction of sp³-hybridized carbons (Fsp3) is 0.0625. The number of aromatic nitrogens is 2. The summed E-state index contributed by atoms with van der Waals surface area (Å²) in [6, 6.07) is 7.84. The van der Waals surface area contributed by atoms with Crippen LogP contribution in [0.5, 0.6) is 0 Å². The van der Waals surface area contributed by atoms with Gasteiger partial charge in [0.15, 0.2) is 10.8 Å². The molecular formula is C16H8Cl2F4N4S. The first-order valence-electron chi connectivity index (χ1n) is 7.18. The summed E-state index contributed by atoms with van der Waals surface area (Å²) in [6.45, 7) is 0. The van der Waals surface area contributed by atoms with Gasteiger partial charge in [-0.3, -0.25) is 0 Å². The van der Waals surface area contributed by atoms with E-state index in [1.807, 2.05) is 0 Å². The van der Waals surface area contributed by atoms with E-state index in [-0.39, 0.29) is 21.7 Å². The molecule has 0 atom stereocenters. The zero-order valence-electron chi connectivity index (χ0n) is 13.1. The number of nitrogens with zero attached hydrogens (tertiary/aromatic N) is 3. The van der Waals surface area contributed by atoms with E-state index >= 15 is 0 Å². The van der Waals surface area contributed by atoms with E-state index in [0.29, 0.717) is 10.4 Å². The topological polar surface area (TPSA) is 50.2 Å². The molecule has 0 aliphatic heterocycles. The van der Waals surface area contributed by atoms with Crippen LogP contribution in [-0.2, 0) is 6.18 Å². The van der Waals surface area contributed by atoms with Gasteiger partial charge in [0.2, 0.25) is 5.95 Å². The SMILES string of the molecule is Fc1ccc(C=NNc2nc(-c3ccc(Cl)c(Cl)c3)cc(C(F)(F)F)n2)s1. The third-order valence-electron chi connectivity index (χ3n) is 3.18. The highest BCUT2D eigenvalue weighted by Gasteiger charge is 2.33. The van der Waals surface area contributed by atoms with Gasteiger partial charge in [-0.1, -0.05) is 29.3 Å². The van der Waals surface area contributed by atoms with Gasteiger partial charge in [-0.2, -0.15) is 22.7 Å². The van der Waals surface area contributed by atoms with Gasteiger partial charge in [-0.15, -0.1) is 11.3 Å². The van der Waals surface area contributed by atoms with Crippen LogP contribution in [0.25, 0.3) is 11.3 Å². The summed E-state index contributed by atoms with van der Waals surface area (Å²) in [5, 5.41) is 3.77. The number of hydrazone groups is 1. The van der Waals surface area contributed by atoms with Crippen LogP contribution in [0.4, 0.5) is 23.5 Å². The average molecular weight is 435 g/mol. The van der Waals surface area contributed by atoms with Crippen LogP contribution >= 0.6 is 34.5 Å². The Morgan fingerprint density at radius 3 is 2.44 bits per heavy atom. The third kappa shape index (κ3) is 4.94. The summed E-state index contributed by atoms with van der Waals surface area (Å²) in [5.74, 6) is -0.376. The van der Waals surface area contributed by atoms with Crippen LogP contribution < -0.4 is 5.43 Å². The third-order valence-corrected chi connectivity index (χ3v) is 4.73. The summed E-state index contributed by atoms with van der Waals surface area (Å²) in [5.41, 5.74) is 1.48. The van der Waals surface area contributed by atoms with Gasteiger partial charge in [0, 0.05) is 5.56 Å². The molecule has 0 amide bonds. The molecule has 3 aromatic rings. The maximum absolute atomic E-state index is 13.2. The van der Waals surface area contributed by atoms with Crippen LogP contribution in [0.1, 0.15) is 10.6 Å². The van der Waals surface area contributed by atoms with Gasteiger partial charge < -0.3 is 0 Å². The number of hydrogen-bond acceptors (Lipinski definition) is 5. The molecule has 1 N–H and O–H groups in total. The zero-order valence-corrected chi connectivity index (χ0v) is 15.4. The van der Waals surface area contributed by atoms with Crippen molar-refractivity contribution in [3.63, 3.8) is 0 Å². The summed E-state index contributed by atoms with van der Waals surface area (Å²) in [6.07, 6.45) is -3.44. The summed E-state index contributed by atoms with van der Waals surface area (Å²) >= 11 is 12.6. The summed E-state index contributed by atoms with van der Waals surface area (Å²) < 4.78 is 52.4. The quantitative estimate of drug-likeness (QED) is 0.305. The Labute approximate surface area is 164 Å². The molecule has 1 aromatic carbocycles. The van der Waals surface area contributed by atoms with Crippen molar-refractivity contribution in [2.24, 2.45) is 5.10 Å². The molecule has 3 rings (SSSR count). The Morgan fingerprint density at radius 2 is 1.81 bits per heavy atom. The number of benzene rings is 1. The van der Waals surface area contributed by atoms with Crippen molar-refractivity contribution in [3.05, 3.63) is 62.1 Å². The lowest BCUT2D eigenvalue weighted by Gasteiger charge is -2.10. The van der Waals surface area contributed by atoms with Crippen molar-refractivity contribution in [1.29, 1.82) is 0 Å². The summed E-state index contributed by atoms with van der Waals surface area (Å²) in [7, 11) is 0. The summed E-state index contributed by atoms with van der Waals surface area (Å²) in [4.78, 5) is 7.90. The van der Waals surface area contributed by atoms with E-state index in [1.54, 1.807) is 0 Å². The van der Waals surface area contributed by atoms with E-state index < -0.39 is 17.0 Å². The molecule has 11 heteroatoms. The largest absolute Gasteiger partial charge is 0.433 e. The minimum atomic E-state index is -4.69. The number of rotatable bonds is 4. The molecule has 0 radical (unpaired) electrons.